The summed E-state index contributed by atoms with van der Waals surface area (Å²) >= 11 is 0. The highest BCUT2D eigenvalue weighted by atomic mass is 16.6. The third-order valence-electron chi connectivity index (χ3n) is 6.54. The van der Waals surface area contributed by atoms with E-state index in [-0.39, 0.29) is 6.61 Å². The molecule has 190 valence electrons. The molecule has 5 aromatic rings. The standard InChI is InChI=1S/C34H30O4/c1-36-34(35)24-38-32-18-17-28-21-29(19-25-11-5-2-6-12-25)33(37-23-27-15-9-4-10-16-27)22-30(28)31(32)20-26-13-7-3-8-14-26/h2-18,21-22H,19-20,23-24H2,1H3. The van der Waals surface area contributed by atoms with Crippen molar-refractivity contribution in [2.75, 3.05) is 13.7 Å². The molecule has 4 heteroatoms. The van der Waals surface area contributed by atoms with Crippen LogP contribution < -0.4 is 9.47 Å². The van der Waals surface area contributed by atoms with E-state index in [1.807, 2.05) is 54.6 Å². The summed E-state index contributed by atoms with van der Waals surface area (Å²) < 4.78 is 17.2. The van der Waals surface area contributed by atoms with E-state index in [4.69, 9.17) is 14.2 Å². The van der Waals surface area contributed by atoms with Crippen molar-refractivity contribution >= 4 is 16.7 Å². The maximum atomic E-state index is 11.8. The summed E-state index contributed by atoms with van der Waals surface area (Å²) in [6.07, 6.45) is 1.42. The molecule has 5 aromatic carbocycles. The fourth-order valence-corrected chi connectivity index (χ4v) is 4.58. The first-order chi connectivity index (χ1) is 18.7. The Morgan fingerprint density at radius 3 is 1.87 bits per heavy atom. The zero-order valence-electron chi connectivity index (χ0n) is 21.4. The van der Waals surface area contributed by atoms with Crippen LogP contribution in [0, 0.1) is 0 Å². The molecule has 0 aliphatic heterocycles. The van der Waals surface area contributed by atoms with Crippen molar-refractivity contribution in [1.29, 1.82) is 0 Å². The highest BCUT2D eigenvalue weighted by Gasteiger charge is 2.16. The van der Waals surface area contributed by atoms with Gasteiger partial charge < -0.3 is 14.2 Å². The molecule has 0 aliphatic carbocycles. The van der Waals surface area contributed by atoms with Gasteiger partial charge in [0.2, 0.25) is 0 Å². The molecule has 0 saturated heterocycles. The van der Waals surface area contributed by atoms with Gasteiger partial charge >= 0.3 is 5.97 Å². The number of methoxy groups -OCH3 is 1. The lowest BCUT2D eigenvalue weighted by molar-refractivity contribution is -0.142. The second kappa shape index (κ2) is 12.1. The van der Waals surface area contributed by atoms with E-state index in [0.717, 1.165) is 45.2 Å². The molecular formula is C34H30O4. The first-order valence-corrected chi connectivity index (χ1v) is 12.7. The second-order valence-electron chi connectivity index (χ2n) is 9.19. The van der Waals surface area contributed by atoms with E-state index < -0.39 is 5.97 Å². The molecule has 5 rings (SSSR count). The average Bonchev–Trinajstić information content (AvgIpc) is 2.97. The number of hydrogen-bond donors (Lipinski definition) is 0. The highest BCUT2D eigenvalue weighted by Crippen LogP contribution is 2.36. The summed E-state index contributed by atoms with van der Waals surface area (Å²) in [5.74, 6) is 1.09. The highest BCUT2D eigenvalue weighted by molar-refractivity contribution is 5.90. The molecule has 0 unspecified atom stereocenters. The van der Waals surface area contributed by atoms with Crippen LogP contribution in [0.3, 0.4) is 0 Å². The first kappa shape index (κ1) is 25.1. The fraction of sp³-hybridized carbons (Fsp3) is 0.147. The molecule has 0 saturated carbocycles. The van der Waals surface area contributed by atoms with Crippen LogP contribution in [-0.2, 0) is 29.0 Å². The van der Waals surface area contributed by atoms with Crippen molar-refractivity contribution in [3.63, 3.8) is 0 Å². The van der Waals surface area contributed by atoms with Crippen molar-refractivity contribution in [3.05, 3.63) is 143 Å². The van der Waals surface area contributed by atoms with Gasteiger partial charge in [0.15, 0.2) is 6.61 Å². The van der Waals surface area contributed by atoms with Gasteiger partial charge in [0.1, 0.15) is 18.1 Å². The monoisotopic (exact) mass is 502 g/mol. The van der Waals surface area contributed by atoms with Gasteiger partial charge in [0.25, 0.3) is 0 Å². The number of rotatable bonds is 10. The fourth-order valence-electron chi connectivity index (χ4n) is 4.58. The summed E-state index contributed by atoms with van der Waals surface area (Å²) in [5, 5.41) is 2.13. The van der Waals surface area contributed by atoms with E-state index >= 15 is 0 Å². The molecule has 0 amide bonds. The van der Waals surface area contributed by atoms with Crippen molar-refractivity contribution in [3.8, 4) is 11.5 Å². The van der Waals surface area contributed by atoms with Crippen LogP contribution in [-0.4, -0.2) is 19.7 Å². The molecule has 38 heavy (non-hydrogen) atoms. The molecule has 0 aliphatic rings. The molecular weight excluding hydrogens is 472 g/mol. The first-order valence-electron chi connectivity index (χ1n) is 12.7. The predicted molar refractivity (Wildman–Crippen MR) is 151 cm³/mol. The van der Waals surface area contributed by atoms with Crippen LogP contribution >= 0.6 is 0 Å². The Labute approximate surface area is 223 Å². The second-order valence-corrected chi connectivity index (χ2v) is 9.19. The molecule has 4 nitrogen and oxygen atoms in total. The predicted octanol–water partition coefficient (Wildman–Crippen LogP) is 7.15. The molecule has 0 bridgehead atoms. The number of fused-ring (bicyclic) bond motifs is 1. The van der Waals surface area contributed by atoms with E-state index in [2.05, 4.69) is 60.7 Å². The van der Waals surface area contributed by atoms with Gasteiger partial charge in [-0.05, 0) is 51.2 Å². The number of benzene rings is 5. The number of esters is 1. The van der Waals surface area contributed by atoms with E-state index in [1.54, 1.807) is 0 Å². The topological polar surface area (TPSA) is 44.8 Å². The number of hydrogen-bond acceptors (Lipinski definition) is 4. The molecule has 0 spiro atoms. The maximum absolute atomic E-state index is 11.8. The van der Waals surface area contributed by atoms with Crippen LogP contribution in [0.1, 0.15) is 27.8 Å². The number of ether oxygens (including phenoxy) is 3. The molecule has 0 atom stereocenters. The van der Waals surface area contributed by atoms with Crippen molar-refractivity contribution < 1.29 is 19.0 Å². The number of carbonyl (C=O) groups is 1. The lowest BCUT2D eigenvalue weighted by atomic mass is 9.94. The summed E-state index contributed by atoms with van der Waals surface area (Å²) in [4.78, 5) is 11.8. The van der Waals surface area contributed by atoms with Crippen LogP contribution in [0.4, 0.5) is 0 Å². The maximum Gasteiger partial charge on any atom is 0.343 e. The van der Waals surface area contributed by atoms with Crippen molar-refractivity contribution in [1.82, 2.24) is 0 Å². The zero-order valence-corrected chi connectivity index (χ0v) is 21.4. The van der Waals surface area contributed by atoms with Gasteiger partial charge in [-0.2, -0.15) is 0 Å². The Kier molecular flexibility index (Phi) is 8.00. The third-order valence-corrected chi connectivity index (χ3v) is 6.54. The summed E-state index contributed by atoms with van der Waals surface area (Å²) in [7, 11) is 1.36. The molecule has 0 N–H and O–H groups in total. The minimum absolute atomic E-state index is 0.146. The largest absolute Gasteiger partial charge is 0.489 e. The zero-order chi connectivity index (χ0) is 26.2. The Hall–Kier alpha value is -4.57. The van der Waals surface area contributed by atoms with Crippen molar-refractivity contribution in [2.45, 2.75) is 19.4 Å². The molecule has 0 radical (unpaired) electrons. The van der Waals surface area contributed by atoms with Gasteiger partial charge in [-0.25, -0.2) is 4.79 Å². The number of carbonyl (C=O) groups excluding carboxylic acids is 1. The Bertz CT molecular complexity index is 1500. The van der Waals surface area contributed by atoms with E-state index in [9.17, 15) is 4.79 Å². The van der Waals surface area contributed by atoms with Crippen molar-refractivity contribution in [2.24, 2.45) is 0 Å². The van der Waals surface area contributed by atoms with Crippen LogP contribution in [0.2, 0.25) is 0 Å². The summed E-state index contributed by atoms with van der Waals surface area (Å²) in [6, 6.07) is 39.2. The quantitative estimate of drug-likeness (QED) is 0.190. The minimum atomic E-state index is -0.416. The Morgan fingerprint density at radius 2 is 1.24 bits per heavy atom. The van der Waals surface area contributed by atoms with Crippen LogP contribution in [0.25, 0.3) is 10.8 Å². The average molecular weight is 503 g/mol. The van der Waals surface area contributed by atoms with Gasteiger partial charge in [0, 0.05) is 18.4 Å². The summed E-state index contributed by atoms with van der Waals surface area (Å²) in [5.41, 5.74) is 5.61. The SMILES string of the molecule is COC(=O)COc1ccc2cc(Cc3ccccc3)c(OCc3ccccc3)cc2c1Cc1ccccc1. The van der Waals surface area contributed by atoms with Gasteiger partial charge in [-0.3, -0.25) is 0 Å². The smallest absolute Gasteiger partial charge is 0.343 e. The van der Waals surface area contributed by atoms with Gasteiger partial charge in [-0.1, -0.05) is 97.1 Å². The van der Waals surface area contributed by atoms with Crippen LogP contribution in [0.15, 0.2) is 115 Å². The van der Waals surface area contributed by atoms with Gasteiger partial charge in [0.05, 0.1) is 7.11 Å². The molecule has 0 aromatic heterocycles. The lowest BCUT2D eigenvalue weighted by Gasteiger charge is -2.18. The third kappa shape index (κ3) is 6.22. The van der Waals surface area contributed by atoms with E-state index in [1.165, 1.54) is 12.7 Å². The van der Waals surface area contributed by atoms with Crippen LogP contribution in [0.5, 0.6) is 11.5 Å². The Balaban J connectivity index is 1.59. The molecule has 0 heterocycles. The Morgan fingerprint density at radius 1 is 0.632 bits per heavy atom. The normalized spacial score (nSPS) is 10.8. The minimum Gasteiger partial charge on any atom is -0.489 e. The molecule has 0 fully saturated rings. The van der Waals surface area contributed by atoms with E-state index in [0.29, 0.717) is 18.8 Å². The summed E-state index contributed by atoms with van der Waals surface area (Å²) in [6.45, 7) is 0.327. The lowest BCUT2D eigenvalue weighted by Crippen LogP contribution is -2.13. The van der Waals surface area contributed by atoms with Gasteiger partial charge in [-0.15, -0.1) is 0 Å².